The van der Waals surface area contributed by atoms with Gasteiger partial charge in [0.2, 0.25) is 5.91 Å². The summed E-state index contributed by atoms with van der Waals surface area (Å²) in [6, 6.07) is 1.62. The molecule has 2 aromatic heterocycles. The number of amides is 1. The molecule has 1 atom stereocenters. The van der Waals surface area contributed by atoms with E-state index in [4.69, 9.17) is 0 Å². The largest absolute Gasteiger partial charge is 0.352 e. The molecule has 0 aliphatic carbocycles. The van der Waals surface area contributed by atoms with Crippen LogP contribution in [0.3, 0.4) is 0 Å². The molecular weight excluding hydrogens is 246 g/mol. The average Bonchev–Trinajstić information content (AvgIpc) is 2.98. The van der Waals surface area contributed by atoms with E-state index in [0.29, 0.717) is 13.1 Å². The van der Waals surface area contributed by atoms with Crippen molar-refractivity contribution in [3.05, 3.63) is 23.8 Å². The highest BCUT2D eigenvalue weighted by Crippen LogP contribution is 2.10. The van der Waals surface area contributed by atoms with Gasteiger partial charge >= 0.3 is 0 Å². The molecule has 2 rings (SSSR count). The summed E-state index contributed by atoms with van der Waals surface area (Å²) >= 11 is 0. The monoisotopic (exact) mass is 263 g/mol. The van der Waals surface area contributed by atoms with Crippen LogP contribution in [0.25, 0.3) is 0 Å². The summed E-state index contributed by atoms with van der Waals surface area (Å²) < 4.78 is 3.29. The number of carbonyl (C=O) groups excluding carboxylic acids is 1. The third kappa shape index (κ3) is 3.15. The second-order valence-electron chi connectivity index (χ2n) is 4.41. The maximum atomic E-state index is 12.0. The summed E-state index contributed by atoms with van der Waals surface area (Å²) in [7, 11) is 0. The van der Waals surface area contributed by atoms with Crippen molar-refractivity contribution >= 4 is 5.91 Å². The molecule has 0 saturated carbocycles. The molecule has 2 aromatic rings. The third-order valence-corrected chi connectivity index (χ3v) is 2.82. The minimum absolute atomic E-state index is 0.0701. The molecule has 8 heteroatoms. The molecule has 0 saturated heterocycles. The van der Waals surface area contributed by atoms with Crippen LogP contribution in [0.15, 0.2) is 12.4 Å². The number of nitrogens with zero attached hydrogens (tertiary/aromatic N) is 6. The van der Waals surface area contributed by atoms with Crippen molar-refractivity contribution in [2.45, 2.75) is 33.4 Å². The Morgan fingerprint density at radius 3 is 2.84 bits per heavy atom. The number of hydrogen-bond donors (Lipinski definition) is 1. The van der Waals surface area contributed by atoms with Crippen molar-refractivity contribution in [3.63, 3.8) is 0 Å². The Morgan fingerprint density at radius 1 is 1.47 bits per heavy atom. The van der Waals surface area contributed by atoms with Gasteiger partial charge in [0.1, 0.15) is 12.4 Å². The maximum Gasteiger partial charge on any atom is 0.244 e. The number of hydrogen-bond acceptors (Lipinski definition) is 5. The zero-order valence-corrected chi connectivity index (χ0v) is 11.2. The highest BCUT2D eigenvalue weighted by molar-refractivity contribution is 5.79. The van der Waals surface area contributed by atoms with Gasteiger partial charge in [-0.3, -0.25) is 9.48 Å². The lowest BCUT2D eigenvalue weighted by atomic mass is 10.3. The maximum absolute atomic E-state index is 12.0. The van der Waals surface area contributed by atoms with Crippen LogP contribution in [-0.4, -0.2) is 42.4 Å². The summed E-state index contributed by atoms with van der Waals surface area (Å²) in [4.78, 5) is 12.0. The van der Waals surface area contributed by atoms with E-state index in [2.05, 4.69) is 25.9 Å². The number of aromatic nitrogens is 6. The quantitative estimate of drug-likeness (QED) is 0.811. The van der Waals surface area contributed by atoms with Gasteiger partial charge < -0.3 is 5.32 Å². The van der Waals surface area contributed by atoms with E-state index >= 15 is 0 Å². The van der Waals surface area contributed by atoms with Crippen molar-refractivity contribution < 1.29 is 4.79 Å². The fourth-order valence-corrected chi connectivity index (χ4v) is 1.87. The van der Waals surface area contributed by atoms with Crippen LogP contribution >= 0.6 is 0 Å². The Bertz CT molecular complexity index is 545. The summed E-state index contributed by atoms with van der Waals surface area (Å²) in [5.74, 6) is -0.0701. The fraction of sp³-hybridized carbons (Fsp3) is 0.545. The molecule has 19 heavy (non-hydrogen) atoms. The summed E-state index contributed by atoms with van der Waals surface area (Å²) in [5.41, 5.74) is 1.88. The molecule has 1 N–H and O–H groups in total. The van der Waals surface area contributed by atoms with E-state index in [1.165, 1.54) is 6.33 Å². The number of nitrogens with one attached hydrogen (secondary N) is 1. The lowest BCUT2D eigenvalue weighted by molar-refractivity contribution is -0.124. The van der Waals surface area contributed by atoms with Crippen LogP contribution in [0.2, 0.25) is 0 Å². The highest BCUT2D eigenvalue weighted by Gasteiger charge is 2.17. The first-order chi connectivity index (χ1) is 9.08. The first-order valence-corrected chi connectivity index (χ1v) is 6.09. The molecule has 2 heterocycles. The molecule has 0 aromatic carbocycles. The van der Waals surface area contributed by atoms with Crippen molar-refractivity contribution in [2.24, 2.45) is 0 Å². The second-order valence-corrected chi connectivity index (χ2v) is 4.41. The summed E-state index contributed by atoms with van der Waals surface area (Å²) in [5, 5.41) is 17.9. The minimum Gasteiger partial charge on any atom is -0.352 e. The van der Waals surface area contributed by atoms with Crippen LogP contribution in [-0.2, 0) is 11.3 Å². The van der Waals surface area contributed by atoms with Crippen LogP contribution < -0.4 is 5.32 Å². The number of rotatable bonds is 5. The topological polar surface area (TPSA) is 90.5 Å². The van der Waals surface area contributed by atoms with Crippen LogP contribution in [0.5, 0.6) is 0 Å². The molecule has 0 aliphatic heterocycles. The molecule has 0 bridgehead atoms. The Morgan fingerprint density at radius 2 is 2.26 bits per heavy atom. The van der Waals surface area contributed by atoms with E-state index in [1.54, 1.807) is 9.36 Å². The van der Waals surface area contributed by atoms with Crippen molar-refractivity contribution in [1.82, 2.24) is 35.3 Å². The molecule has 102 valence electrons. The predicted octanol–water partition coefficient (Wildman–Crippen LogP) is -0.136. The van der Waals surface area contributed by atoms with Gasteiger partial charge in [-0.05, 0) is 37.3 Å². The van der Waals surface area contributed by atoms with Crippen LogP contribution in [0, 0.1) is 13.8 Å². The van der Waals surface area contributed by atoms with Gasteiger partial charge in [-0.25, -0.2) is 4.68 Å². The molecule has 1 amide bonds. The molecule has 0 aliphatic rings. The van der Waals surface area contributed by atoms with Gasteiger partial charge in [0.05, 0.1) is 12.2 Å². The summed E-state index contributed by atoms with van der Waals surface area (Å²) in [6.45, 7) is 6.69. The zero-order chi connectivity index (χ0) is 13.8. The lowest BCUT2D eigenvalue weighted by Gasteiger charge is -2.14. The van der Waals surface area contributed by atoms with E-state index in [0.717, 1.165) is 11.4 Å². The summed E-state index contributed by atoms with van der Waals surface area (Å²) in [6.07, 6.45) is 1.51. The van der Waals surface area contributed by atoms with Gasteiger partial charge in [0.15, 0.2) is 0 Å². The Balaban J connectivity index is 1.87. The smallest absolute Gasteiger partial charge is 0.244 e. The van der Waals surface area contributed by atoms with Gasteiger partial charge in [-0.1, -0.05) is 0 Å². The van der Waals surface area contributed by atoms with E-state index in [9.17, 15) is 4.79 Å². The van der Waals surface area contributed by atoms with E-state index < -0.39 is 0 Å². The van der Waals surface area contributed by atoms with Crippen molar-refractivity contribution in [1.29, 1.82) is 0 Å². The molecule has 0 spiro atoms. The van der Waals surface area contributed by atoms with E-state index in [-0.39, 0.29) is 11.9 Å². The third-order valence-electron chi connectivity index (χ3n) is 2.82. The average molecular weight is 263 g/mol. The van der Waals surface area contributed by atoms with Crippen LogP contribution in [0.4, 0.5) is 0 Å². The zero-order valence-electron chi connectivity index (χ0n) is 11.2. The normalized spacial score (nSPS) is 12.4. The van der Waals surface area contributed by atoms with Crippen LogP contribution in [0.1, 0.15) is 24.4 Å². The molecule has 0 fully saturated rings. The first-order valence-electron chi connectivity index (χ1n) is 6.09. The fourth-order valence-electron chi connectivity index (χ4n) is 1.87. The second kappa shape index (κ2) is 5.59. The van der Waals surface area contributed by atoms with Crippen molar-refractivity contribution in [3.8, 4) is 0 Å². The molecular formula is C11H17N7O. The molecule has 8 nitrogen and oxygen atoms in total. The predicted molar refractivity (Wildman–Crippen MR) is 67.2 cm³/mol. The molecule has 0 unspecified atom stereocenters. The highest BCUT2D eigenvalue weighted by atomic mass is 16.2. The van der Waals surface area contributed by atoms with Gasteiger partial charge in [-0.15, -0.1) is 5.10 Å². The Hall–Kier alpha value is -2.25. The van der Waals surface area contributed by atoms with Crippen molar-refractivity contribution in [2.75, 3.05) is 6.54 Å². The van der Waals surface area contributed by atoms with Gasteiger partial charge in [0.25, 0.3) is 0 Å². The SMILES string of the molecule is Cc1cc(C)n([C@H](C)C(=O)NCCn2cnnn2)n1. The minimum atomic E-state index is -0.331. The standard InChI is InChI=1S/C11H17N7O/c1-8-6-9(2)18(14-8)10(3)11(19)12-4-5-17-7-13-15-16-17/h6-7,10H,4-5H2,1-3H3,(H,12,19)/t10-/m1/s1. The number of tetrazole rings is 1. The number of aryl methyl sites for hydroxylation is 2. The lowest BCUT2D eigenvalue weighted by Crippen LogP contribution is -2.34. The number of carbonyl (C=O) groups is 1. The van der Waals surface area contributed by atoms with Gasteiger partial charge in [-0.2, -0.15) is 5.10 Å². The molecule has 0 radical (unpaired) electrons. The van der Waals surface area contributed by atoms with E-state index in [1.807, 2.05) is 26.8 Å². The Labute approximate surface area is 110 Å². The Kier molecular flexibility index (Phi) is 3.88. The first kappa shape index (κ1) is 13.2. The van der Waals surface area contributed by atoms with Gasteiger partial charge in [0, 0.05) is 12.2 Å².